The van der Waals surface area contributed by atoms with Crippen LogP contribution in [0.15, 0.2) is 21.5 Å². The molecule has 0 aromatic carbocycles. The van der Waals surface area contributed by atoms with E-state index in [1.54, 1.807) is 6.07 Å². The number of nitriles is 1. The standard InChI is InChI=1S/C10H9N3O4/c11-2-1-6(14)8(15)5-3-7-9(12-4-5)13-10(16)17-7/h3-4,6,8,14-15H,1H2,(H,12,13,16). The van der Waals surface area contributed by atoms with Crippen molar-refractivity contribution >= 4 is 11.2 Å². The molecule has 7 heteroatoms. The lowest BCUT2D eigenvalue weighted by Gasteiger charge is -2.14. The second-order valence-electron chi connectivity index (χ2n) is 3.50. The first-order chi connectivity index (χ1) is 8.11. The Morgan fingerprint density at radius 2 is 2.35 bits per heavy atom. The van der Waals surface area contributed by atoms with Gasteiger partial charge in [0, 0.05) is 11.8 Å². The van der Waals surface area contributed by atoms with E-state index in [0.717, 1.165) is 0 Å². The Balaban J connectivity index is 2.36. The minimum atomic E-state index is -1.24. The molecule has 2 unspecified atom stereocenters. The minimum Gasteiger partial charge on any atom is -0.406 e. The SMILES string of the molecule is N#CCC(O)C(O)c1cnc2[nH]c(=O)oc2c1. The second kappa shape index (κ2) is 4.37. The molecule has 0 fully saturated rings. The normalized spacial score (nSPS) is 14.4. The second-order valence-corrected chi connectivity index (χ2v) is 3.50. The molecule has 0 spiro atoms. The molecule has 0 aliphatic carbocycles. The number of H-pyrrole nitrogens is 1. The maximum absolute atomic E-state index is 10.9. The molecule has 17 heavy (non-hydrogen) atoms. The highest BCUT2D eigenvalue weighted by atomic mass is 16.4. The van der Waals surface area contributed by atoms with Crippen LogP contribution in [0.1, 0.15) is 18.1 Å². The van der Waals surface area contributed by atoms with Gasteiger partial charge in [-0.2, -0.15) is 5.26 Å². The van der Waals surface area contributed by atoms with Crippen LogP contribution >= 0.6 is 0 Å². The topological polar surface area (TPSA) is 123 Å². The van der Waals surface area contributed by atoms with Crippen molar-refractivity contribution in [2.45, 2.75) is 18.6 Å². The average Bonchev–Trinajstić information content (AvgIpc) is 2.67. The molecule has 2 rings (SSSR count). The Labute approximate surface area is 94.9 Å². The number of aliphatic hydroxyl groups excluding tert-OH is 2. The van der Waals surface area contributed by atoms with Crippen molar-refractivity contribution in [3.63, 3.8) is 0 Å². The van der Waals surface area contributed by atoms with E-state index in [1.807, 2.05) is 0 Å². The monoisotopic (exact) mass is 235 g/mol. The molecule has 2 heterocycles. The number of aliphatic hydroxyl groups is 2. The quantitative estimate of drug-likeness (QED) is 0.678. The summed E-state index contributed by atoms with van der Waals surface area (Å²) in [6, 6.07) is 3.14. The number of hydrogen-bond donors (Lipinski definition) is 3. The van der Waals surface area contributed by atoms with E-state index >= 15 is 0 Å². The number of aromatic amines is 1. The van der Waals surface area contributed by atoms with E-state index in [0.29, 0.717) is 0 Å². The molecule has 7 nitrogen and oxygen atoms in total. The number of fused-ring (bicyclic) bond motifs is 1. The fourth-order valence-corrected chi connectivity index (χ4v) is 1.44. The predicted octanol–water partition coefficient (Wildman–Crippen LogP) is -0.176. The molecule has 0 saturated carbocycles. The number of oxazole rings is 1. The van der Waals surface area contributed by atoms with Gasteiger partial charge in [-0.3, -0.25) is 4.98 Å². The first kappa shape index (κ1) is 11.3. The maximum atomic E-state index is 10.9. The molecule has 0 aliphatic heterocycles. The van der Waals surface area contributed by atoms with E-state index in [4.69, 9.17) is 9.68 Å². The van der Waals surface area contributed by atoms with Crippen LogP contribution in [0.25, 0.3) is 11.2 Å². The lowest BCUT2D eigenvalue weighted by molar-refractivity contribution is 0.0215. The van der Waals surface area contributed by atoms with Gasteiger partial charge >= 0.3 is 5.76 Å². The number of nitrogens with one attached hydrogen (secondary N) is 1. The summed E-state index contributed by atoms with van der Waals surface area (Å²) >= 11 is 0. The molecule has 2 aromatic heterocycles. The van der Waals surface area contributed by atoms with E-state index in [9.17, 15) is 15.0 Å². The summed E-state index contributed by atoms with van der Waals surface area (Å²) in [4.78, 5) is 17.1. The molecule has 0 saturated heterocycles. The maximum Gasteiger partial charge on any atom is 0.418 e. The van der Waals surface area contributed by atoms with Crippen LogP contribution in [0.4, 0.5) is 0 Å². The van der Waals surface area contributed by atoms with Gasteiger partial charge in [0.25, 0.3) is 0 Å². The molecule has 0 bridgehead atoms. The number of hydrogen-bond acceptors (Lipinski definition) is 6. The molecule has 2 aromatic rings. The van der Waals surface area contributed by atoms with Gasteiger partial charge in [-0.1, -0.05) is 0 Å². The number of aromatic nitrogens is 2. The van der Waals surface area contributed by atoms with Crippen molar-refractivity contribution in [2.24, 2.45) is 0 Å². The lowest BCUT2D eigenvalue weighted by Crippen LogP contribution is -2.17. The summed E-state index contributed by atoms with van der Waals surface area (Å²) in [5.41, 5.74) is 0.736. The van der Waals surface area contributed by atoms with Crippen molar-refractivity contribution in [1.82, 2.24) is 9.97 Å². The molecule has 0 amide bonds. The van der Waals surface area contributed by atoms with Gasteiger partial charge in [-0.15, -0.1) is 0 Å². The van der Waals surface area contributed by atoms with Crippen LogP contribution < -0.4 is 5.76 Å². The van der Waals surface area contributed by atoms with E-state index in [2.05, 4.69) is 9.97 Å². The Morgan fingerprint density at radius 1 is 1.59 bits per heavy atom. The van der Waals surface area contributed by atoms with Crippen LogP contribution in [-0.4, -0.2) is 26.3 Å². The number of rotatable bonds is 3. The molecule has 0 radical (unpaired) electrons. The largest absolute Gasteiger partial charge is 0.418 e. The van der Waals surface area contributed by atoms with Gasteiger partial charge in [0.2, 0.25) is 0 Å². The highest BCUT2D eigenvalue weighted by Gasteiger charge is 2.19. The highest BCUT2D eigenvalue weighted by Crippen LogP contribution is 2.20. The van der Waals surface area contributed by atoms with Crippen molar-refractivity contribution in [2.75, 3.05) is 0 Å². The van der Waals surface area contributed by atoms with Crippen LogP contribution in [0, 0.1) is 11.3 Å². The minimum absolute atomic E-state index is 0.190. The smallest absolute Gasteiger partial charge is 0.406 e. The van der Waals surface area contributed by atoms with Crippen LogP contribution in [-0.2, 0) is 0 Å². The zero-order chi connectivity index (χ0) is 12.4. The summed E-state index contributed by atoms with van der Waals surface area (Å²) in [5, 5.41) is 27.6. The lowest BCUT2D eigenvalue weighted by atomic mass is 10.0. The van der Waals surface area contributed by atoms with Gasteiger partial charge in [0.1, 0.15) is 6.10 Å². The van der Waals surface area contributed by atoms with Crippen LogP contribution in [0.2, 0.25) is 0 Å². The molecule has 2 atom stereocenters. The molecular formula is C10H9N3O4. The van der Waals surface area contributed by atoms with E-state index in [1.165, 1.54) is 12.3 Å². The molecule has 88 valence electrons. The van der Waals surface area contributed by atoms with Crippen LogP contribution in [0.3, 0.4) is 0 Å². The third-order valence-electron chi connectivity index (χ3n) is 2.30. The van der Waals surface area contributed by atoms with Crippen molar-refractivity contribution in [3.05, 3.63) is 28.4 Å². The number of nitrogens with zero attached hydrogens (tertiary/aromatic N) is 2. The zero-order valence-electron chi connectivity index (χ0n) is 8.62. The third-order valence-corrected chi connectivity index (χ3v) is 2.30. The van der Waals surface area contributed by atoms with Crippen molar-refractivity contribution in [1.29, 1.82) is 5.26 Å². The highest BCUT2D eigenvalue weighted by molar-refractivity contribution is 5.67. The van der Waals surface area contributed by atoms with Gasteiger partial charge in [0.15, 0.2) is 11.2 Å². The summed E-state index contributed by atoms with van der Waals surface area (Å²) in [7, 11) is 0. The molecule has 3 N–H and O–H groups in total. The summed E-state index contributed by atoms with van der Waals surface area (Å²) in [6.07, 6.45) is -1.34. The fourth-order valence-electron chi connectivity index (χ4n) is 1.44. The van der Waals surface area contributed by atoms with Gasteiger partial charge in [-0.05, 0) is 6.07 Å². The molecule has 0 aliphatic rings. The van der Waals surface area contributed by atoms with Crippen LogP contribution in [0.5, 0.6) is 0 Å². The van der Waals surface area contributed by atoms with Gasteiger partial charge in [-0.25, -0.2) is 9.78 Å². The average molecular weight is 235 g/mol. The van der Waals surface area contributed by atoms with Crippen molar-refractivity contribution in [3.8, 4) is 6.07 Å². The predicted molar refractivity (Wildman–Crippen MR) is 55.8 cm³/mol. The number of pyridine rings is 1. The Morgan fingerprint density at radius 3 is 3.06 bits per heavy atom. The Bertz CT molecular complexity index is 624. The zero-order valence-corrected chi connectivity index (χ0v) is 8.62. The summed E-state index contributed by atoms with van der Waals surface area (Å²) in [5.74, 6) is -0.642. The van der Waals surface area contributed by atoms with Crippen molar-refractivity contribution < 1.29 is 14.6 Å². The summed E-state index contributed by atoms with van der Waals surface area (Å²) < 4.78 is 4.77. The van der Waals surface area contributed by atoms with E-state index < -0.39 is 18.0 Å². The van der Waals surface area contributed by atoms with E-state index in [-0.39, 0.29) is 23.2 Å². The first-order valence-corrected chi connectivity index (χ1v) is 4.83. The summed E-state index contributed by atoms with van der Waals surface area (Å²) in [6.45, 7) is 0. The van der Waals surface area contributed by atoms with Gasteiger partial charge < -0.3 is 14.6 Å². The first-order valence-electron chi connectivity index (χ1n) is 4.83. The molecular weight excluding hydrogens is 226 g/mol. The third kappa shape index (κ3) is 2.18. The fraction of sp³-hybridized carbons (Fsp3) is 0.300. The Kier molecular flexibility index (Phi) is 2.91. The Hall–Kier alpha value is -2.17. The van der Waals surface area contributed by atoms with Gasteiger partial charge in [0.05, 0.1) is 18.6 Å².